The zero-order valence-corrected chi connectivity index (χ0v) is 9.09. The molecule has 0 bridgehead atoms. The van der Waals surface area contributed by atoms with Crippen LogP contribution in [0.4, 0.5) is 0 Å². The fraction of sp³-hybridized carbons (Fsp3) is 0.500. The molecule has 0 atom stereocenters. The van der Waals surface area contributed by atoms with E-state index in [1.54, 1.807) is 0 Å². The molecule has 70 valence electrons. The van der Waals surface area contributed by atoms with Crippen molar-refractivity contribution in [1.82, 2.24) is 0 Å². The standard InChI is InChI=1S/C10H16.C2H6/c1-5-7-10(8-6-2)9(3)4;1-2/h5-9H,1H2,2-4H3;1-2H3/b8-6-,10-7+;. The van der Waals surface area contributed by atoms with Crippen LogP contribution < -0.4 is 0 Å². The van der Waals surface area contributed by atoms with E-state index in [9.17, 15) is 0 Å². The predicted molar refractivity (Wildman–Crippen MR) is 59.3 cm³/mol. The van der Waals surface area contributed by atoms with Crippen LogP contribution in [-0.2, 0) is 0 Å². The van der Waals surface area contributed by atoms with Gasteiger partial charge in [0.15, 0.2) is 0 Å². The van der Waals surface area contributed by atoms with E-state index in [1.165, 1.54) is 5.57 Å². The van der Waals surface area contributed by atoms with Crippen molar-refractivity contribution in [3.8, 4) is 0 Å². The van der Waals surface area contributed by atoms with Crippen molar-refractivity contribution in [2.45, 2.75) is 34.6 Å². The van der Waals surface area contributed by atoms with E-state index >= 15 is 0 Å². The fourth-order valence-electron chi connectivity index (χ4n) is 0.769. The van der Waals surface area contributed by atoms with Gasteiger partial charge in [-0.3, -0.25) is 0 Å². The molecular formula is C12H22. The average Bonchev–Trinajstić information content (AvgIpc) is 2.08. The smallest absolute Gasteiger partial charge is 0.0219 e. The van der Waals surface area contributed by atoms with Gasteiger partial charge in [0, 0.05) is 0 Å². The zero-order chi connectivity index (χ0) is 9.98. The van der Waals surface area contributed by atoms with E-state index in [1.807, 2.05) is 32.9 Å². The maximum absolute atomic E-state index is 3.65. The van der Waals surface area contributed by atoms with E-state index in [0.29, 0.717) is 5.92 Å². The van der Waals surface area contributed by atoms with Gasteiger partial charge in [-0.2, -0.15) is 0 Å². The lowest BCUT2D eigenvalue weighted by molar-refractivity contribution is 0.791. The summed E-state index contributed by atoms with van der Waals surface area (Å²) in [7, 11) is 0. The van der Waals surface area contributed by atoms with Crippen LogP contribution in [0.25, 0.3) is 0 Å². The van der Waals surface area contributed by atoms with Gasteiger partial charge in [0.1, 0.15) is 0 Å². The largest absolute Gasteiger partial charge is 0.0991 e. The number of rotatable bonds is 3. The molecule has 0 aromatic rings. The molecule has 0 rings (SSSR count). The van der Waals surface area contributed by atoms with Crippen molar-refractivity contribution in [1.29, 1.82) is 0 Å². The molecule has 0 aliphatic rings. The minimum atomic E-state index is 0.592. The van der Waals surface area contributed by atoms with E-state index < -0.39 is 0 Å². The van der Waals surface area contributed by atoms with E-state index in [4.69, 9.17) is 0 Å². The molecular weight excluding hydrogens is 144 g/mol. The monoisotopic (exact) mass is 166 g/mol. The number of allylic oxidation sites excluding steroid dienone is 5. The Morgan fingerprint density at radius 3 is 2.00 bits per heavy atom. The van der Waals surface area contributed by atoms with Crippen LogP contribution in [-0.4, -0.2) is 0 Å². The van der Waals surface area contributed by atoms with Crippen LogP contribution in [0.2, 0.25) is 0 Å². The minimum absolute atomic E-state index is 0.592. The fourth-order valence-corrected chi connectivity index (χ4v) is 0.769. The molecule has 0 saturated heterocycles. The SMILES string of the molecule is C=C/C=C(\C=C/C)C(C)C.CC. The van der Waals surface area contributed by atoms with Gasteiger partial charge in [0.25, 0.3) is 0 Å². The summed E-state index contributed by atoms with van der Waals surface area (Å²) in [5.74, 6) is 0.592. The summed E-state index contributed by atoms with van der Waals surface area (Å²) in [6, 6.07) is 0. The molecule has 0 aromatic carbocycles. The van der Waals surface area contributed by atoms with Gasteiger partial charge < -0.3 is 0 Å². The highest BCUT2D eigenvalue weighted by atomic mass is 14.0. The third kappa shape index (κ3) is 7.33. The van der Waals surface area contributed by atoms with Gasteiger partial charge in [-0.05, 0) is 18.4 Å². The van der Waals surface area contributed by atoms with Crippen molar-refractivity contribution in [3.05, 3.63) is 36.5 Å². The molecule has 12 heavy (non-hydrogen) atoms. The van der Waals surface area contributed by atoms with Gasteiger partial charge in [-0.25, -0.2) is 0 Å². The van der Waals surface area contributed by atoms with E-state index in [-0.39, 0.29) is 0 Å². The Kier molecular flexibility index (Phi) is 11.7. The normalized spacial score (nSPS) is 11.3. The second-order valence-electron chi connectivity index (χ2n) is 2.56. The third-order valence-electron chi connectivity index (χ3n) is 1.34. The molecule has 0 saturated carbocycles. The Labute approximate surface area is 77.7 Å². The molecule has 0 aliphatic heterocycles. The van der Waals surface area contributed by atoms with Crippen LogP contribution in [0.15, 0.2) is 36.5 Å². The zero-order valence-electron chi connectivity index (χ0n) is 9.09. The molecule has 0 unspecified atom stereocenters. The molecule has 0 nitrogen and oxygen atoms in total. The highest BCUT2D eigenvalue weighted by Gasteiger charge is 1.94. The maximum Gasteiger partial charge on any atom is -0.0219 e. The van der Waals surface area contributed by atoms with Crippen LogP contribution in [0.3, 0.4) is 0 Å². The van der Waals surface area contributed by atoms with Crippen molar-refractivity contribution in [2.24, 2.45) is 5.92 Å². The summed E-state index contributed by atoms with van der Waals surface area (Å²) in [6.07, 6.45) is 8.04. The number of hydrogen-bond donors (Lipinski definition) is 0. The van der Waals surface area contributed by atoms with E-state index in [0.717, 1.165) is 0 Å². The van der Waals surface area contributed by atoms with Crippen LogP contribution in [0.5, 0.6) is 0 Å². The first-order valence-corrected chi connectivity index (χ1v) is 4.67. The second kappa shape index (κ2) is 10.2. The van der Waals surface area contributed by atoms with Crippen LogP contribution >= 0.6 is 0 Å². The first-order valence-electron chi connectivity index (χ1n) is 4.67. The Balaban J connectivity index is 0. The molecule has 0 spiro atoms. The Morgan fingerprint density at radius 1 is 1.25 bits per heavy atom. The van der Waals surface area contributed by atoms with Crippen molar-refractivity contribution in [2.75, 3.05) is 0 Å². The van der Waals surface area contributed by atoms with Crippen molar-refractivity contribution >= 4 is 0 Å². The first-order chi connectivity index (χ1) is 5.72. The van der Waals surface area contributed by atoms with Crippen molar-refractivity contribution < 1.29 is 0 Å². The lowest BCUT2D eigenvalue weighted by atomic mass is 10.0. The molecule has 0 heteroatoms. The highest BCUT2D eigenvalue weighted by molar-refractivity contribution is 5.24. The summed E-state index contributed by atoms with van der Waals surface area (Å²) in [4.78, 5) is 0. The molecule has 0 amide bonds. The molecule has 0 radical (unpaired) electrons. The topological polar surface area (TPSA) is 0 Å². The summed E-state index contributed by atoms with van der Waals surface area (Å²) in [5.41, 5.74) is 1.33. The van der Waals surface area contributed by atoms with Crippen LogP contribution in [0, 0.1) is 5.92 Å². The first kappa shape index (κ1) is 13.8. The van der Waals surface area contributed by atoms with Crippen LogP contribution in [0.1, 0.15) is 34.6 Å². The number of hydrogen-bond acceptors (Lipinski definition) is 0. The summed E-state index contributed by atoms with van der Waals surface area (Å²) < 4.78 is 0. The van der Waals surface area contributed by atoms with Gasteiger partial charge in [-0.1, -0.05) is 58.6 Å². The van der Waals surface area contributed by atoms with Gasteiger partial charge >= 0.3 is 0 Å². The molecule has 0 aromatic heterocycles. The summed E-state index contributed by atoms with van der Waals surface area (Å²) >= 11 is 0. The lowest BCUT2D eigenvalue weighted by Gasteiger charge is -2.03. The molecule has 0 N–H and O–H groups in total. The Bertz CT molecular complexity index is 147. The minimum Gasteiger partial charge on any atom is -0.0991 e. The van der Waals surface area contributed by atoms with Gasteiger partial charge in [-0.15, -0.1) is 0 Å². The van der Waals surface area contributed by atoms with Crippen molar-refractivity contribution in [3.63, 3.8) is 0 Å². The van der Waals surface area contributed by atoms with E-state index in [2.05, 4.69) is 32.6 Å². The summed E-state index contributed by atoms with van der Waals surface area (Å²) in [6.45, 7) is 14.0. The van der Waals surface area contributed by atoms with Gasteiger partial charge in [0.05, 0.1) is 0 Å². The second-order valence-corrected chi connectivity index (χ2v) is 2.56. The predicted octanol–water partition coefficient (Wildman–Crippen LogP) is 4.36. The molecule has 0 heterocycles. The Morgan fingerprint density at radius 2 is 1.75 bits per heavy atom. The maximum atomic E-state index is 3.65. The summed E-state index contributed by atoms with van der Waals surface area (Å²) in [5, 5.41) is 0. The lowest BCUT2D eigenvalue weighted by Crippen LogP contribution is -1.88. The quantitative estimate of drug-likeness (QED) is 0.546. The average molecular weight is 166 g/mol. The Hall–Kier alpha value is -0.780. The third-order valence-corrected chi connectivity index (χ3v) is 1.34. The van der Waals surface area contributed by atoms with Gasteiger partial charge in [0.2, 0.25) is 0 Å². The highest BCUT2D eigenvalue weighted by Crippen LogP contribution is 2.10. The molecule has 0 fully saturated rings. The molecule has 0 aliphatic carbocycles.